The molecular weight excluding hydrogens is 214 g/mol. The Balaban J connectivity index is 1.89. The van der Waals surface area contributed by atoms with Gasteiger partial charge in [0.05, 0.1) is 12.0 Å². The number of hydrogen-bond donors (Lipinski definition) is 0. The van der Waals surface area contributed by atoms with E-state index in [1.807, 2.05) is 9.80 Å². The summed E-state index contributed by atoms with van der Waals surface area (Å²) in [6.45, 7) is 5.46. The average molecular weight is 235 g/mol. The molecule has 0 radical (unpaired) electrons. The molecule has 0 saturated carbocycles. The van der Waals surface area contributed by atoms with E-state index in [-0.39, 0.29) is 11.9 Å². The van der Waals surface area contributed by atoms with Gasteiger partial charge in [-0.3, -0.25) is 0 Å². The van der Waals surface area contributed by atoms with Crippen molar-refractivity contribution in [3.05, 3.63) is 0 Å². The molecule has 0 aliphatic carbocycles. The van der Waals surface area contributed by atoms with Crippen molar-refractivity contribution in [3.8, 4) is 6.07 Å². The molecule has 0 aromatic rings. The Bertz CT molecular complexity index is 315. The molecule has 1 atom stereocenters. The van der Waals surface area contributed by atoms with E-state index in [4.69, 9.17) is 5.26 Å². The highest BCUT2D eigenvalue weighted by atomic mass is 16.2. The van der Waals surface area contributed by atoms with Crippen molar-refractivity contribution in [1.29, 1.82) is 5.26 Å². The van der Waals surface area contributed by atoms with Gasteiger partial charge in [0.2, 0.25) is 0 Å². The number of urea groups is 1. The fourth-order valence-electron chi connectivity index (χ4n) is 2.66. The number of piperidine rings is 2. The first kappa shape index (κ1) is 12.2. The second-order valence-corrected chi connectivity index (χ2v) is 5.37. The number of nitrogens with zero attached hydrogens (tertiary/aromatic N) is 3. The van der Waals surface area contributed by atoms with E-state index in [9.17, 15) is 4.79 Å². The Morgan fingerprint density at radius 2 is 1.88 bits per heavy atom. The summed E-state index contributed by atoms with van der Waals surface area (Å²) >= 11 is 0. The van der Waals surface area contributed by atoms with Gasteiger partial charge in [0.25, 0.3) is 0 Å². The third-order valence-corrected chi connectivity index (χ3v) is 3.93. The molecule has 0 aromatic carbocycles. The number of carbonyl (C=O) groups excluding carboxylic acids is 1. The van der Waals surface area contributed by atoms with E-state index in [1.54, 1.807) is 0 Å². The number of amides is 2. The molecule has 0 spiro atoms. The van der Waals surface area contributed by atoms with Crippen molar-refractivity contribution >= 4 is 6.03 Å². The smallest absolute Gasteiger partial charge is 0.320 e. The van der Waals surface area contributed by atoms with Gasteiger partial charge in [-0.2, -0.15) is 5.26 Å². The second-order valence-electron chi connectivity index (χ2n) is 5.37. The molecule has 4 nitrogen and oxygen atoms in total. The number of hydrogen-bond acceptors (Lipinski definition) is 2. The number of likely N-dealkylation sites (tertiary alicyclic amines) is 2. The minimum absolute atomic E-state index is 0.0383. The maximum Gasteiger partial charge on any atom is 0.320 e. The summed E-state index contributed by atoms with van der Waals surface area (Å²) in [6, 6.07) is 2.44. The maximum atomic E-state index is 12.3. The van der Waals surface area contributed by atoms with Crippen LogP contribution in [0.5, 0.6) is 0 Å². The summed E-state index contributed by atoms with van der Waals surface area (Å²) in [6.07, 6.45) is 4.13. The van der Waals surface area contributed by atoms with Crippen molar-refractivity contribution < 1.29 is 4.79 Å². The Hall–Kier alpha value is -1.24. The van der Waals surface area contributed by atoms with Crippen LogP contribution in [0.4, 0.5) is 4.79 Å². The molecule has 0 N–H and O–H groups in total. The van der Waals surface area contributed by atoms with Gasteiger partial charge in [-0.05, 0) is 31.6 Å². The standard InChI is InChI=1S/C13H21N3O/c1-11-4-7-15(8-5-11)13(17)16-6-2-3-12(9-14)10-16/h11-12H,2-8,10H2,1H3. The van der Waals surface area contributed by atoms with Crippen LogP contribution in [0.2, 0.25) is 0 Å². The van der Waals surface area contributed by atoms with Crippen LogP contribution >= 0.6 is 0 Å². The van der Waals surface area contributed by atoms with Crippen LogP contribution < -0.4 is 0 Å². The molecule has 2 rings (SSSR count). The van der Waals surface area contributed by atoms with Gasteiger partial charge in [0.1, 0.15) is 0 Å². The van der Waals surface area contributed by atoms with Crippen molar-refractivity contribution in [2.75, 3.05) is 26.2 Å². The van der Waals surface area contributed by atoms with Gasteiger partial charge in [-0.1, -0.05) is 6.92 Å². The number of carbonyl (C=O) groups is 1. The van der Waals surface area contributed by atoms with E-state index in [1.165, 1.54) is 0 Å². The van der Waals surface area contributed by atoms with E-state index in [0.29, 0.717) is 6.54 Å². The van der Waals surface area contributed by atoms with Crippen molar-refractivity contribution in [2.45, 2.75) is 32.6 Å². The van der Waals surface area contributed by atoms with Gasteiger partial charge in [-0.15, -0.1) is 0 Å². The summed E-state index contributed by atoms with van der Waals surface area (Å²) < 4.78 is 0. The van der Waals surface area contributed by atoms with Crippen LogP contribution in [0.25, 0.3) is 0 Å². The summed E-state index contributed by atoms with van der Waals surface area (Å²) in [4.78, 5) is 16.1. The molecular formula is C13H21N3O. The molecule has 94 valence electrons. The lowest BCUT2D eigenvalue weighted by atomic mass is 9.98. The van der Waals surface area contributed by atoms with Gasteiger partial charge < -0.3 is 9.80 Å². The average Bonchev–Trinajstić information content (AvgIpc) is 2.39. The van der Waals surface area contributed by atoms with Gasteiger partial charge in [-0.25, -0.2) is 4.79 Å². The molecule has 17 heavy (non-hydrogen) atoms. The molecule has 2 saturated heterocycles. The van der Waals surface area contributed by atoms with Crippen molar-refractivity contribution in [3.63, 3.8) is 0 Å². The highest BCUT2D eigenvalue weighted by molar-refractivity contribution is 5.74. The molecule has 0 bridgehead atoms. The first-order valence-corrected chi connectivity index (χ1v) is 6.64. The van der Waals surface area contributed by atoms with Crippen LogP contribution in [0, 0.1) is 23.2 Å². The summed E-state index contributed by atoms with van der Waals surface area (Å²) in [5.41, 5.74) is 0. The minimum Gasteiger partial charge on any atom is -0.325 e. The van der Waals surface area contributed by atoms with Crippen molar-refractivity contribution in [1.82, 2.24) is 9.80 Å². The van der Waals surface area contributed by atoms with E-state index >= 15 is 0 Å². The fraction of sp³-hybridized carbons (Fsp3) is 0.846. The van der Waals surface area contributed by atoms with E-state index in [0.717, 1.165) is 51.2 Å². The third kappa shape index (κ3) is 2.91. The minimum atomic E-state index is 0.0383. The lowest BCUT2D eigenvalue weighted by molar-refractivity contribution is 0.121. The third-order valence-electron chi connectivity index (χ3n) is 3.93. The molecule has 1 unspecified atom stereocenters. The van der Waals surface area contributed by atoms with Gasteiger partial charge in [0, 0.05) is 26.2 Å². The number of nitriles is 1. The first-order valence-electron chi connectivity index (χ1n) is 6.64. The lowest BCUT2D eigenvalue weighted by Gasteiger charge is -2.37. The Kier molecular flexibility index (Phi) is 3.88. The normalized spacial score (nSPS) is 26.7. The monoisotopic (exact) mass is 235 g/mol. The summed E-state index contributed by atoms with van der Waals surface area (Å²) in [5, 5.41) is 8.93. The highest BCUT2D eigenvalue weighted by Crippen LogP contribution is 2.20. The Morgan fingerprint density at radius 1 is 1.18 bits per heavy atom. The Morgan fingerprint density at radius 3 is 2.53 bits per heavy atom. The van der Waals surface area contributed by atoms with E-state index in [2.05, 4.69) is 13.0 Å². The van der Waals surface area contributed by atoms with Crippen LogP contribution in [0.1, 0.15) is 32.6 Å². The zero-order chi connectivity index (χ0) is 12.3. The summed E-state index contributed by atoms with van der Waals surface area (Å²) in [7, 11) is 0. The van der Waals surface area contributed by atoms with Gasteiger partial charge in [0.15, 0.2) is 0 Å². The molecule has 0 aromatic heterocycles. The fourth-order valence-corrected chi connectivity index (χ4v) is 2.66. The van der Waals surface area contributed by atoms with Crippen LogP contribution in [0.3, 0.4) is 0 Å². The molecule has 4 heteroatoms. The lowest BCUT2D eigenvalue weighted by Crippen LogP contribution is -2.49. The number of rotatable bonds is 0. The SMILES string of the molecule is CC1CCN(C(=O)N2CCCC(C#N)C2)CC1. The Labute approximate surface area is 103 Å². The molecule has 2 aliphatic heterocycles. The second kappa shape index (κ2) is 5.39. The molecule has 2 amide bonds. The van der Waals surface area contributed by atoms with Crippen molar-refractivity contribution in [2.24, 2.45) is 11.8 Å². The highest BCUT2D eigenvalue weighted by Gasteiger charge is 2.28. The van der Waals surface area contributed by atoms with E-state index < -0.39 is 0 Å². The van der Waals surface area contributed by atoms with Crippen LogP contribution in [-0.2, 0) is 0 Å². The zero-order valence-electron chi connectivity index (χ0n) is 10.6. The quantitative estimate of drug-likeness (QED) is 0.645. The topological polar surface area (TPSA) is 47.3 Å². The molecule has 2 heterocycles. The largest absolute Gasteiger partial charge is 0.325 e. The van der Waals surface area contributed by atoms with Crippen LogP contribution in [0.15, 0.2) is 0 Å². The maximum absolute atomic E-state index is 12.3. The summed E-state index contributed by atoms with van der Waals surface area (Å²) in [5.74, 6) is 0.781. The molecule has 2 aliphatic rings. The molecule has 2 fully saturated rings. The first-order chi connectivity index (χ1) is 8.20. The zero-order valence-corrected chi connectivity index (χ0v) is 10.6. The van der Waals surface area contributed by atoms with Gasteiger partial charge >= 0.3 is 6.03 Å². The predicted octanol–water partition coefficient (Wildman–Crippen LogP) is 2.07. The predicted molar refractivity (Wildman–Crippen MR) is 65.3 cm³/mol. The van der Waals surface area contributed by atoms with Crippen LogP contribution in [-0.4, -0.2) is 42.0 Å².